The van der Waals surface area contributed by atoms with Crippen LogP contribution in [0.1, 0.15) is 81.4 Å². The average Bonchev–Trinajstić information content (AvgIpc) is 2.86. The smallest absolute Gasteiger partial charge is 0.0354 e. The van der Waals surface area contributed by atoms with Gasteiger partial charge in [0.05, 0.1) is 0 Å². The number of benzene rings is 1. The minimum atomic E-state index is 0.247. The van der Waals surface area contributed by atoms with E-state index in [-0.39, 0.29) is 6.04 Å². The van der Waals surface area contributed by atoms with Gasteiger partial charge in [0.25, 0.3) is 0 Å². The van der Waals surface area contributed by atoms with Gasteiger partial charge in [0.1, 0.15) is 0 Å². The van der Waals surface area contributed by atoms with E-state index in [4.69, 9.17) is 5.73 Å². The fraction of sp³-hybridized carbons (Fsp3) is 0.667. The minimum Gasteiger partial charge on any atom is -0.323 e. The molecule has 2 N–H and O–H groups in total. The van der Waals surface area contributed by atoms with Crippen LogP contribution >= 0.6 is 0 Å². The van der Waals surface area contributed by atoms with E-state index in [1.54, 1.807) is 5.56 Å². The third kappa shape index (κ3) is 2.23. The van der Waals surface area contributed by atoms with Gasteiger partial charge in [0, 0.05) is 6.04 Å². The first-order valence-electron chi connectivity index (χ1n) is 8.11. The Morgan fingerprint density at radius 3 is 2.42 bits per heavy atom. The van der Waals surface area contributed by atoms with Gasteiger partial charge >= 0.3 is 0 Å². The zero-order valence-corrected chi connectivity index (χ0v) is 12.2. The van der Waals surface area contributed by atoms with Crippen LogP contribution in [-0.2, 0) is 0 Å². The Labute approximate surface area is 117 Å². The maximum absolute atomic E-state index is 6.76. The molecule has 2 aliphatic carbocycles. The SMILES string of the molecule is CCC1(C(N)c2ccccc2C2CCC2)CCCC1. The van der Waals surface area contributed by atoms with Gasteiger partial charge < -0.3 is 5.73 Å². The molecule has 1 aromatic carbocycles. The minimum absolute atomic E-state index is 0.247. The Hall–Kier alpha value is -0.820. The normalized spacial score (nSPS) is 24.1. The molecule has 1 heteroatoms. The molecule has 0 saturated heterocycles. The molecule has 2 aliphatic rings. The fourth-order valence-electron chi connectivity index (χ4n) is 4.18. The molecule has 0 radical (unpaired) electrons. The second kappa shape index (κ2) is 5.28. The van der Waals surface area contributed by atoms with Crippen molar-refractivity contribution in [2.75, 3.05) is 0 Å². The fourth-order valence-corrected chi connectivity index (χ4v) is 4.18. The highest BCUT2D eigenvalue weighted by Gasteiger charge is 2.39. The third-order valence-electron chi connectivity index (χ3n) is 5.84. The van der Waals surface area contributed by atoms with Crippen LogP contribution in [0.4, 0.5) is 0 Å². The highest BCUT2D eigenvalue weighted by molar-refractivity contribution is 5.35. The lowest BCUT2D eigenvalue weighted by Gasteiger charge is -2.38. The van der Waals surface area contributed by atoms with E-state index in [2.05, 4.69) is 31.2 Å². The lowest BCUT2D eigenvalue weighted by atomic mass is 9.70. The second-order valence-electron chi connectivity index (χ2n) is 6.66. The number of hydrogen-bond acceptors (Lipinski definition) is 1. The van der Waals surface area contributed by atoms with Crippen molar-refractivity contribution in [1.82, 2.24) is 0 Å². The van der Waals surface area contributed by atoms with E-state index in [0.29, 0.717) is 5.41 Å². The predicted molar refractivity (Wildman–Crippen MR) is 81.2 cm³/mol. The van der Waals surface area contributed by atoms with Gasteiger partial charge in [0.15, 0.2) is 0 Å². The van der Waals surface area contributed by atoms with E-state index in [1.165, 1.54) is 56.9 Å². The lowest BCUT2D eigenvalue weighted by molar-refractivity contribution is 0.220. The van der Waals surface area contributed by atoms with Crippen LogP contribution < -0.4 is 5.73 Å². The molecular weight excluding hydrogens is 230 g/mol. The standard InChI is InChI=1S/C18H27N/c1-2-18(12-5-6-13-18)17(19)16-11-4-3-10-15(16)14-8-7-9-14/h3-4,10-11,14,17H,2,5-9,12-13,19H2,1H3. The molecule has 2 saturated carbocycles. The first kappa shape index (κ1) is 13.2. The van der Waals surface area contributed by atoms with Crippen molar-refractivity contribution in [3.63, 3.8) is 0 Å². The Bertz CT molecular complexity index is 427. The third-order valence-corrected chi connectivity index (χ3v) is 5.84. The van der Waals surface area contributed by atoms with Gasteiger partial charge in [-0.3, -0.25) is 0 Å². The summed E-state index contributed by atoms with van der Waals surface area (Å²) in [6.07, 6.45) is 10.7. The van der Waals surface area contributed by atoms with Crippen molar-refractivity contribution in [3.05, 3.63) is 35.4 Å². The Morgan fingerprint density at radius 2 is 1.84 bits per heavy atom. The highest BCUT2D eigenvalue weighted by Crippen LogP contribution is 2.51. The first-order valence-corrected chi connectivity index (χ1v) is 8.11. The maximum atomic E-state index is 6.76. The van der Waals surface area contributed by atoms with Crippen molar-refractivity contribution in [3.8, 4) is 0 Å². The van der Waals surface area contributed by atoms with Gasteiger partial charge in [-0.2, -0.15) is 0 Å². The molecule has 1 aromatic rings. The highest BCUT2D eigenvalue weighted by atomic mass is 14.7. The zero-order chi connectivity index (χ0) is 13.3. The molecule has 1 unspecified atom stereocenters. The summed E-state index contributed by atoms with van der Waals surface area (Å²) in [6, 6.07) is 9.25. The average molecular weight is 257 g/mol. The van der Waals surface area contributed by atoms with E-state index >= 15 is 0 Å². The topological polar surface area (TPSA) is 26.0 Å². The zero-order valence-electron chi connectivity index (χ0n) is 12.2. The largest absolute Gasteiger partial charge is 0.323 e. The van der Waals surface area contributed by atoms with Crippen molar-refractivity contribution in [1.29, 1.82) is 0 Å². The summed E-state index contributed by atoms with van der Waals surface area (Å²) in [5.41, 5.74) is 10.1. The summed E-state index contributed by atoms with van der Waals surface area (Å²) in [7, 11) is 0. The van der Waals surface area contributed by atoms with E-state index < -0.39 is 0 Å². The molecule has 19 heavy (non-hydrogen) atoms. The van der Waals surface area contributed by atoms with Crippen LogP contribution in [0.15, 0.2) is 24.3 Å². The Kier molecular flexibility index (Phi) is 3.66. The molecule has 3 rings (SSSR count). The van der Waals surface area contributed by atoms with Crippen LogP contribution in [0.5, 0.6) is 0 Å². The first-order chi connectivity index (χ1) is 9.27. The van der Waals surface area contributed by atoms with Crippen LogP contribution in [0.3, 0.4) is 0 Å². The van der Waals surface area contributed by atoms with Crippen molar-refractivity contribution in [2.45, 2.75) is 70.3 Å². The Balaban J connectivity index is 1.92. The summed E-state index contributed by atoms with van der Waals surface area (Å²) in [4.78, 5) is 0. The summed E-state index contributed by atoms with van der Waals surface area (Å²) in [5.74, 6) is 0.789. The van der Waals surface area contributed by atoms with E-state index in [1.807, 2.05) is 0 Å². The molecule has 1 atom stereocenters. The quantitative estimate of drug-likeness (QED) is 0.813. The summed E-state index contributed by atoms with van der Waals surface area (Å²) in [5, 5.41) is 0. The lowest BCUT2D eigenvalue weighted by Crippen LogP contribution is -2.33. The molecule has 0 aliphatic heterocycles. The van der Waals surface area contributed by atoms with E-state index in [0.717, 1.165) is 5.92 Å². The summed E-state index contributed by atoms with van der Waals surface area (Å²) >= 11 is 0. The van der Waals surface area contributed by atoms with Gasteiger partial charge in [-0.15, -0.1) is 0 Å². The molecular formula is C18H27N. The van der Waals surface area contributed by atoms with Crippen molar-refractivity contribution in [2.24, 2.45) is 11.1 Å². The van der Waals surface area contributed by atoms with Crippen molar-refractivity contribution >= 4 is 0 Å². The van der Waals surface area contributed by atoms with Gasteiger partial charge in [-0.25, -0.2) is 0 Å². The maximum Gasteiger partial charge on any atom is 0.0354 e. The molecule has 1 nitrogen and oxygen atoms in total. The van der Waals surface area contributed by atoms with Crippen LogP contribution in [-0.4, -0.2) is 0 Å². The molecule has 0 amide bonds. The molecule has 0 aromatic heterocycles. The van der Waals surface area contributed by atoms with Crippen LogP contribution in [0.2, 0.25) is 0 Å². The number of hydrogen-bond donors (Lipinski definition) is 1. The summed E-state index contributed by atoms with van der Waals surface area (Å²) < 4.78 is 0. The molecule has 0 heterocycles. The molecule has 2 fully saturated rings. The van der Waals surface area contributed by atoms with Gasteiger partial charge in [0.2, 0.25) is 0 Å². The number of rotatable bonds is 4. The van der Waals surface area contributed by atoms with Gasteiger partial charge in [-0.05, 0) is 54.6 Å². The summed E-state index contributed by atoms with van der Waals surface area (Å²) in [6.45, 7) is 2.33. The van der Waals surface area contributed by atoms with Crippen LogP contribution in [0, 0.1) is 5.41 Å². The van der Waals surface area contributed by atoms with E-state index in [9.17, 15) is 0 Å². The monoisotopic (exact) mass is 257 g/mol. The molecule has 0 bridgehead atoms. The Morgan fingerprint density at radius 1 is 1.16 bits per heavy atom. The second-order valence-corrected chi connectivity index (χ2v) is 6.66. The van der Waals surface area contributed by atoms with Crippen LogP contribution in [0.25, 0.3) is 0 Å². The van der Waals surface area contributed by atoms with Gasteiger partial charge in [-0.1, -0.05) is 50.5 Å². The molecule has 104 valence electrons. The predicted octanol–water partition coefficient (Wildman–Crippen LogP) is 4.92. The number of nitrogens with two attached hydrogens (primary N) is 1. The van der Waals surface area contributed by atoms with Crippen molar-refractivity contribution < 1.29 is 0 Å². The molecule has 0 spiro atoms.